The fourth-order valence-corrected chi connectivity index (χ4v) is 4.81. The maximum atomic E-state index is 11.4. The first kappa shape index (κ1) is 22.6. The molecule has 1 unspecified atom stereocenters. The molecule has 1 heterocycles. The van der Waals surface area contributed by atoms with Crippen LogP contribution in [0.15, 0.2) is 12.3 Å². The minimum absolute atomic E-state index is 0.0457. The van der Waals surface area contributed by atoms with Crippen LogP contribution in [0.3, 0.4) is 0 Å². The van der Waals surface area contributed by atoms with Crippen LogP contribution >= 0.6 is 0 Å². The summed E-state index contributed by atoms with van der Waals surface area (Å²) in [6.07, 6.45) is 8.97. The van der Waals surface area contributed by atoms with Crippen LogP contribution in [0.25, 0.3) is 5.57 Å². The summed E-state index contributed by atoms with van der Waals surface area (Å²) in [5, 5.41) is 9.36. The van der Waals surface area contributed by atoms with Crippen LogP contribution in [0.5, 0.6) is 0 Å². The lowest BCUT2D eigenvalue weighted by Gasteiger charge is -2.33. The van der Waals surface area contributed by atoms with Gasteiger partial charge in [-0.2, -0.15) is 0 Å². The van der Waals surface area contributed by atoms with Gasteiger partial charge in [-0.3, -0.25) is 0 Å². The molecule has 5 nitrogen and oxygen atoms in total. The normalized spacial score (nSPS) is 13.8. The summed E-state index contributed by atoms with van der Waals surface area (Å²) in [7, 11) is -1.71. The second-order valence-corrected chi connectivity index (χ2v) is 13.0. The van der Waals surface area contributed by atoms with Gasteiger partial charge in [-0.25, -0.2) is 9.78 Å². The number of hydrogen-bond donors (Lipinski definition) is 1. The number of rotatable bonds is 12. The van der Waals surface area contributed by atoms with E-state index in [-0.39, 0.29) is 5.85 Å². The van der Waals surface area contributed by atoms with Crippen molar-refractivity contribution in [3.63, 3.8) is 0 Å². The van der Waals surface area contributed by atoms with E-state index in [1.165, 1.54) is 6.08 Å². The number of aryl methyl sites for hydroxylation is 1. The van der Waals surface area contributed by atoms with E-state index in [0.29, 0.717) is 6.61 Å². The number of aromatic nitrogens is 2. The number of aliphatic carboxylic acids is 1. The Morgan fingerprint density at radius 2 is 1.92 bits per heavy atom. The second-order valence-electron chi connectivity index (χ2n) is 7.82. The first-order chi connectivity index (χ1) is 12.3. The van der Waals surface area contributed by atoms with Gasteiger partial charge in [0, 0.05) is 19.1 Å². The molecule has 0 saturated carbocycles. The van der Waals surface area contributed by atoms with Gasteiger partial charge in [-0.1, -0.05) is 46.3 Å². The Balaban J connectivity index is 3.50. The van der Waals surface area contributed by atoms with Gasteiger partial charge in [0.15, 0.2) is 0 Å². The van der Waals surface area contributed by atoms with E-state index in [4.69, 9.17) is 4.74 Å². The maximum absolute atomic E-state index is 11.4. The summed E-state index contributed by atoms with van der Waals surface area (Å²) in [4.78, 5) is 16.1. The van der Waals surface area contributed by atoms with Gasteiger partial charge in [0.25, 0.3) is 0 Å². The predicted molar refractivity (Wildman–Crippen MR) is 110 cm³/mol. The number of nitrogens with zero attached hydrogens (tertiary/aromatic N) is 2. The van der Waals surface area contributed by atoms with E-state index < -0.39 is 14.0 Å². The zero-order valence-electron chi connectivity index (χ0n) is 17.3. The van der Waals surface area contributed by atoms with Crippen molar-refractivity contribution in [3.05, 3.63) is 23.8 Å². The van der Waals surface area contributed by atoms with E-state index in [0.717, 1.165) is 55.6 Å². The highest BCUT2D eigenvalue weighted by Crippen LogP contribution is 2.31. The number of carbonyl (C=O) groups is 1. The number of ether oxygens (including phenoxy) is 1. The second kappa shape index (κ2) is 10.7. The van der Waals surface area contributed by atoms with E-state index in [9.17, 15) is 9.90 Å². The summed E-state index contributed by atoms with van der Waals surface area (Å²) >= 11 is 0. The summed E-state index contributed by atoms with van der Waals surface area (Å²) < 4.78 is 8.39. The van der Waals surface area contributed by atoms with Gasteiger partial charge in [0.2, 0.25) is 0 Å². The van der Waals surface area contributed by atoms with E-state index >= 15 is 0 Å². The number of hydrogen-bond acceptors (Lipinski definition) is 3. The van der Waals surface area contributed by atoms with Gasteiger partial charge in [-0.05, 0) is 31.8 Å². The number of unbranched alkanes of at least 4 members (excludes halogenated alkanes) is 2. The lowest BCUT2D eigenvalue weighted by molar-refractivity contribution is -0.131. The van der Waals surface area contributed by atoms with Crippen LogP contribution in [0.1, 0.15) is 70.2 Å². The number of carboxylic acids is 1. The van der Waals surface area contributed by atoms with Crippen LogP contribution in [-0.4, -0.2) is 35.3 Å². The third-order valence-corrected chi connectivity index (χ3v) is 6.26. The van der Waals surface area contributed by atoms with Crippen LogP contribution in [0, 0.1) is 0 Å². The molecular weight excluding hydrogens is 344 g/mol. The van der Waals surface area contributed by atoms with Crippen molar-refractivity contribution < 1.29 is 14.6 Å². The molecule has 0 amide bonds. The topological polar surface area (TPSA) is 64.3 Å². The first-order valence-electron chi connectivity index (χ1n) is 9.87. The van der Waals surface area contributed by atoms with Gasteiger partial charge >= 0.3 is 5.97 Å². The number of allylic oxidation sites excluding steroid dienone is 1. The Morgan fingerprint density at radius 3 is 2.42 bits per heavy atom. The Bertz CT molecular complexity index is 603. The Labute approximate surface area is 159 Å². The third kappa shape index (κ3) is 6.40. The van der Waals surface area contributed by atoms with Crippen molar-refractivity contribution >= 4 is 19.6 Å². The summed E-state index contributed by atoms with van der Waals surface area (Å²) in [6.45, 7) is 13.8. The molecule has 1 aromatic heterocycles. The SMILES string of the molecule is CCCC/C(=C\C(=O)O)c1cnc(CCCC)n1C(OCC)[Si](C)(C)C. The molecule has 0 spiro atoms. The molecule has 1 atom stereocenters. The quantitative estimate of drug-likeness (QED) is 0.395. The molecule has 0 aliphatic heterocycles. The number of imidazole rings is 1. The largest absolute Gasteiger partial charge is 0.478 e. The minimum Gasteiger partial charge on any atom is -0.478 e. The predicted octanol–water partition coefficient (Wildman–Crippen LogP) is 5.30. The molecule has 0 radical (unpaired) electrons. The third-order valence-electron chi connectivity index (χ3n) is 4.35. The average molecular weight is 381 g/mol. The fourth-order valence-electron chi connectivity index (χ4n) is 3.08. The zero-order valence-corrected chi connectivity index (χ0v) is 18.3. The summed E-state index contributed by atoms with van der Waals surface area (Å²) in [5.74, 6) is 0.0612. The highest BCUT2D eigenvalue weighted by molar-refractivity contribution is 6.76. The van der Waals surface area contributed by atoms with Crippen LogP contribution in [0.4, 0.5) is 0 Å². The lowest BCUT2D eigenvalue weighted by Crippen LogP contribution is -2.39. The average Bonchev–Trinajstić information content (AvgIpc) is 2.96. The Morgan fingerprint density at radius 1 is 1.27 bits per heavy atom. The highest BCUT2D eigenvalue weighted by atomic mass is 28.3. The van der Waals surface area contributed by atoms with Crippen molar-refractivity contribution in [3.8, 4) is 0 Å². The molecule has 148 valence electrons. The van der Waals surface area contributed by atoms with E-state index in [1.54, 1.807) is 0 Å². The van der Waals surface area contributed by atoms with Crippen LogP contribution in [-0.2, 0) is 16.0 Å². The molecule has 0 bridgehead atoms. The van der Waals surface area contributed by atoms with Crippen molar-refractivity contribution in [2.45, 2.75) is 84.8 Å². The highest BCUT2D eigenvalue weighted by Gasteiger charge is 2.33. The Hall–Kier alpha value is -1.40. The molecule has 26 heavy (non-hydrogen) atoms. The summed E-state index contributed by atoms with van der Waals surface area (Å²) in [6, 6.07) is 0. The zero-order chi connectivity index (χ0) is 19.7. The smallest absolute Gasteiger partial charge is 0.328 e. The monoisotopic (exact) mass is 380 g/mol. The molecule has 6 heteroatoms. The van der Waals surface area contributed by atoms with Gasteiger partial charge < -0.3 is 14.4 Å². The lowest BCUT2D eigenvalue weighted by atomic mass is 10.1. The van der Waals surface area contributed by atoms with Crippen molar-refractivity contribution in [2.75, 3.05) is 6.61 Å². The van der Waals surface area contributed by atoms with Gasteiger partial charge in [0.1, 0.15) is 19.7 Å². The van der Waals surface area contributed by atoms with E-state index in [1.807, 2.05) is 13.1 Å². The molecule has 1 rings (SSSR count). The molecule has 1 N–H and O–H groups in total. The molecule has 0 fully saturated rings. The molecular formula is C20H36N2O3Si. The van der Waals surface area contributed by atoms with Crippen molar-refractivity contribution in [1.29, 1.82) is 0 Å². The minimum atomic E-state index is -1.71. The first-order valence-corrected chi connectivity index (χ1v) is 13.4. The molecule has 0 saturated heterocycles. The van der Waals surface area contributed by atoms with Crippen molar-refractivity contribution in [2.24, 2.45) is 0 Å². The molecule has 0 aromatic carbocycles. The summed E-state index contributed by atoms with van der Waals surface area (Å²) in [5.41, 5.74) is 1.75. The fraction of sp³-hybridized carbons (Fsp3) is 0.700. The maximum Gasteiger partial charge on any atom is 0.328 e. The number of carboxylic acid groups (broad SMARTS) is 1. The van der Waals surface area contributed by atoms with E-state index in [2.05, 4.69) is 43.0 Å². The van der Waals surface area contributed by atoms with Crippen LogP contribution < -0.4 is 0 Å². The molecule has 1 aromatic rings. The van der Waals surface area contributed by atoms with Gasteiger partial charge in [0.05, 0.1) is 11.9 Å². The van der Waals surface area contributed by atoms with Crippen LogP contribution in [0.2, 0.25) is 19.6 Å². The Kier molecular flexibility index (Phi) is 9.29. The molecule has 0 aliphatic carbocycles. The standard InChI is InChI=1S/C20H36N2O3Si/c1-7-10-12-16(14-19(23)24)17-15-21-18(13-11-8-2)22(17)20(25-9-3)26(4,5)6/h14-15,20H,7-13H2,1-6H3,(H,23,24)/b16-14+. The van der Waals surface area contributed by atoms with Gasteiger partial charge in [-0.15, -0.1) is 0 Å². The van der Waals surface area contributed by atoms with Crippen molar-refractivity contribution in [1.82, 2.24) is 9.55 Å². The molecule has 0 aliphatic rings.